The standard InChI is InChI=1S/C23H24F5N/c1-5-14(3)16-6-7-18-17(11-16)10-15(4)29(12-23(26,27)28)22(18)21-19(24)8-13(2)9-20(21)25/h6-9,11,15,22H,3,5,10,12H2,1-2,4H3/t15-,22?/m1/s1. The molecule has 0 aromatic heterocycles. The van der Waals surface area contributed by atoms with Crippen LogP contribution in [0.15, 0.2) is 36.9 Å². The van der Waals surface area contributed by atoms with E-state index in [9.17, 15) is 22.0 Å². The van der Waals surface area contributed by atoms with Crippen molar-refractivity contribution in [1.29, 1.82) is 0 Å². The summed E-state index contributed by atoms with van der Waals surface area (Å²) < 4.78 is 69.6. The summed E-state index contributed by atoms with van der Waals surface area (Å²) >= 11 is 0. The van der Waals surface area contributed by atoms with Gasteiger partial charge in [-0.1, -0.05) is 31.7 Å². The van der Waals surface area contributed by atoms with Gasteiger partial charge in [0.15, 0.2) is 0 Å². The Morgan fingerprint density at radius 2 is 1.76 bits per heavy atom. The predicted octanol–water partition coefficient (Wildman–Crippen LogP) is 6.59. The van der Waals surface area contributed by atoms with E-state index in [1.165, 1.54) is 0 Å². The second kappa shape index (κ2) is 7.90. The minimum atomic E-state index is -4.49. The molecule has 0 spiro atoms. The molecular weight excluding hydrogens is 385 g/mol. The number of nitrogens with zero attached hydrogens (tertiary/aromatic N) is 1. The van der Waals surface area contributed by atoms with Crippen LogP contribution in [0.25, 0.3) is 5.57 Å². The van der Waals surface area contributed by atoms with Crippen molar-refractivity contribution >= 4 is 5.57 Å². The van der Waals surface area contributed by atoms with Crippen LogP contribution < -0.4 is 0 Å². The van der Waals surface area contributed by atoms with Crippen molar-refractivity contribution in [2.75, 3.05) is 6.54 Å². The van der Waals surface area contributed by atoms with Crippen molar-refractivity contribution < 1.29 is 22.0 Å². The van der Waals surface area contributed by atoms with E-state index >= 15 is 0 Å². The summed E-state index contributed by atoms with van der Waals surface area (Å²) in [7, 11) is 0. The van der Waals surface area contributed by atoms with Gasteiger partial charge in [-0.05, 0) is 66.6 Å². The summed E-state index contributed by atoms with van der Waals surface area (Å²) in [5.41, 5.74) is 3.14. The van der Waals surface area contributed by atoms with Crippen LogP contribution in [0.5, 0.6) is 0 Å². The Morgan fingerprint density at radius 1 is 1.14 bits per heavy atom. The lowest BCUT2D eigenvalue weighted by Crippen LogP contribution is -2.47. The normalized spacial score (nSPS) is 19.9. The molecule has 1 unspecified atom stereocenters. The molecule has 0 saturated heterocycles. The summed E-state index contributed by atoms with van der Waals surface area (Å²) in [6.07, 6.45) is -3.39. The first-order valence-electron chi connectivity index (χ1n) is 9.60. The Hall–Kier alpha value is -2.21. The molecule has 0 aliphatic carbocycles. The summed E-state index contributed by atoms with van der Waals surface area (Å²) in [6.45, 7) is 7.94. The molecule has 3 rings (SSSR count). The van der Waals surface area contributed by atoms with E-state index in [0.717, 1.165) is 40.2 Å². The highest BCUT2D eigenvalue weighted by atomic mass is 19.4. The van der Waals surface area contributed by atoms with Crippen LogP contribution in [0.3, 0.4) is 0 Å². The molecule has 0 radical (unpaired) electrons. The Kier molecular flexibility index (Phi) is 5.86. The largest absolute Gasteiger partial charge is 0.401 e. The maximum atomic E-state index is 14.8. The molecule has 0 N–H and O–H groups in total. The van der Waals surface area contributed by atoms with Crippen molar-refractivity contribution in [3.63, 3.8) is 0 Å². The fourth-order valence-corrected chi connectivity index (χ4v) is 4.09. The first-order valence-corrected chi connectivity index (χ1v) is 9.60. The number of alkyl halides is 3. The quantitative estimate of drug-likeness (QED) is 0.515. The number of rotatable bonds is 4. The SMILES string of the molecule is C=C(CC)c1ccc2c(c1)C[C@@H](C)N(CC(F)(F)F)C2c1c(F)cc(C)cc1F. The molecule has 0 amide bonds. The predicted molar refractivity (Wildman–Crippen MR) is 105 cm³/mol. The molecule has 1 aliphatic rings. The van der Waals surface area contributed by atoms with Crippen LogP contribution in [0.2, 0.25) is 0 Å². The van der Waals surface area contributed by atoms with Crippen molar-refractivity contribution in [2.24, 2.45) is 0 Å². The van der Waals surface area contributed by atoms with Gasteiger partial charge in [0.05, 0.1) is 12.6 Å². The van der Waals surface area contributed by atoms with Gasteiger partial charge in [-0.15, -0.1) is 0 Å². The van der Waals surface area contributed by atoms with Gasteiger partial charge < -0.3 is 0 Å². The van der Waals surface area contributed by atoms with E-state index in [4.69, 9.17) is 0 Å². The van der Waals surface area contributed by atoms with Crippen molar-refractivity contribution in [3.05, 3.63) is 76.4 Å². The van der Waals surface area contributed by atoms with Gasteiger partial charge in [-0.3, -0.25) is 4.90 Å². The van der Waals surface area contributed by atoms with Crippen LogP contribution in [-0.2, 0) is 6.42 Å². The third kappa shape index (κ3) is 4.37. The van der Waals surface area contributed by atoms with Crippen molar-refractivity contribution in [3.8, 4) is 0 Å². The number of benzene rings is 2. The van der Waals surface area contributed by atoms with Gasteiger partial charge in [0.25, 0.3) is 0 Å². The third-order valence-corrected chi connectivity index (χ3v) is 5.54. The van der Waals surface area contributed by atoms with E-state index in [1.54, 1.807) is 26.0 Å². The Morgan fingerprint density at radius 3 is 2.31 bits per heavy atom. The monoisotopic (exact) mass is 409 g/mol. The number of fused-ring (bicyclic) bond motifs is 1. The Bertz CT molecular complexity index is 908. The molecule has 156 valence electrons. The fourth-order valence-electron chi connectivity index (χ4n) is 4.09. The zero-order chi connectivity index (χ0) is 21.5. The average molecular weight is 409 g/mol. The molecule has 2 aromatic carbocycles. The van der Waals surface area contributed by atoms with Gasteiger partial charge in [0.1, 0.15) is 11.6 Å². The van der Waals surface area contributed by atoms with Crippen molar-refractivity contribution in [2.45, 2.75) is 51.9 Å². The number of hydrogen-bond acceptors (Lipinski definition) is 1. The lowest BCUT2D eigenvalue weighted by atomic mass is 9.83. The topological polar surface area (TPSA) is 3.24 Å². The highest BCUT2D eigenvalue weighted by Crippen LogP contribution is 2.42. The van der Waals surface area contributed by atoms with E-state index in [1.807, 2.05) is 13.0 Å². The third-order valence-electron chi connectivity index (χ3n) is 5.54. The molecule has 6 heteroatoms. The van der Waals surface area contributed by atoms with E-state index < -0.39 is 36.4 Å². The molecular formula is C23H24F5N. The number of halogens is 5. The molecule has 29 heavy (non-hydrogen) atoms. The zero-order valence-electron chi connectivity index (χ0n) is 16.7. The second-order valence-electron chi connectivity index (χ2n) is 7.76. The maximum Gasteiger partial charge on any atom is 0.401 e. The number of aryl methyl sites for hydroxylation is 1. The summed E-state index contributed by atoms with van der Waals surface area (Å²) in [5.74, 6) is -1.66. The van der Waals surface area contributed by atoms with E-state index in [-0.39, 0.29) is 5.56 Å². The number of hydrogen-bond donors (Lipinski definition) is 0. The van der Waals surface area contributed by atoms with Crippen molar-refractivity contribution in [1.82, 2.24) is 4.90 Å². The van der Waals surface area contributed by atoms with Gasteiger partial charge in [-0.2, -0.15) is 13.2 Å². The summed E-state index contributed by atoms with van der Waals surface area (Å²) in [5, 5.41) is 0. The summed E-state index contributed by atoms with van der Waals surface area (Å²) in [4.78, 5) is 1.15. The molecule has 0 fully saturated rings. The lowest BCUT2D eigenvalue weighted by Gasteiger charge is -2.42. The first-order chi connectivity index (χ1) is 13.5. The molecule has 0 bridgehead atoms. The van der Waals surface area contributed by atoms with Crippen LogP contribution in [-0.4, -0.2) is 23.7 Å². The van der Waals surface area contributed by atoms with Crippen LogP contribution in [0.4, 0.5) is 22.0 Å². The van der Waals surface area contributed by atoms with Gasteiger partial charge in [-0.25, -0.2) is 8.78 Å². The highest BCUT2D eigenvalue weighted by molar-refractivity contribution is 5.65. The van der Waals surface area contributed by atoms with E-state index in [0.29, 0.717) is 17.5 Å². The van der Waals surface area contributed by atoms with Crippen LogP contribution >= 0.6 is 0 Å². The van der Waals surface area contributed by atoms with Gasteiger partial charge in [0, 0.05) is 11.6 Å². The minimum absolute atomic E-state index is 0.338. The Balaban J connectivity index is 2.21. The zero-order valence-corrected chi connectivity index (χ0v) is 16.7. The van der Waals surface area contributed by atoms with Gasteiger partial charge in [0.2, 0.25) is 0 Å². The van der Waals surface area contributed by atoms with Crippen LogP contribution in [0, 0.1) is 18.6 Å². The molecule has 2 atom stereocenters. The van der Waals surface area contributed by atoms with Gasteiger partial charge >= 0.3 is 6.18 Å². The minimum Gasteiger partial charge on any atom is -0.281 e. The summed E-state index contributed by atoms with van der Waals surface area (Å²) in [6, 6.07) is 5.97. The molecule has 1 aliphatic heterocycles. The molecule has 1 nitrogen and oxygen atoms in total. The number of allylic oxidation sites excluding steroid dienone is 1. The van der Waals surface area contributed by atoms with Crippen LogP contribution in [0.1, 0.15) is 54.1 Å². The molecule has 2 aromatic rings. The Labute approximate surface area is 167 Å². The molecule has 1 heterocycles. The smallest absolute Gasteiger partial charge is 0.281 e. The first kappa shape index (κ1) is 21.5. The average Bonchev–Trinajstić information content (AvgIpc) is 2.61. The highest BCUT2D eigenvalue weighted by Gasteiger charge is 2.42. The molecule has 0 saturated carbocycles. The maximum absolute atomic E-state index is 14.8. The fraction of sp³-hybridized carbons (Fsp3) is 0.391. The lowest BCUT2D eigenvalue weighted by molar-refractivity contribution is -0.155. The second-order valence-corrected chi connectivity index (χ2v) is 7.76. The van der Waals surface area contributed by atoms with E-state index in [2.05, 4.69) is 6.58 Å².